The molecule has 0 saturated heterocycles. The first-order valence-electron chi connectivity index (χ1n) is 9.59. The summed E-state index contributed by atoms with van der Waals surface area (Å²) in [5.74, 6) is -1.37. The number of likely N-dealkylation sites (N-methyl/N-ethyl adjacent to an activating group) is 1. The molecule has 1 aliphatic rings. The van der Waals surface area contributed by atoms with Gasteiger partial charge in [-0.05, 0) is 29.2 Å². The Bertz CT molecular complexity index is 866. The lowest BCUT2D eigenvalue weighted by molar-refractivity contribution is -0.138. The molecule has 7 heteroatoms. The Morgan fingerprint density at radius 3 is 2.17 bits per heavy atom. The fourth-order valence-corrected chi connectivity index (χ4v) is 3.60. The van der Waals surface area contributed by atoms with Crippen molar-refractivity contribution >= 4 is 18.0 Å². The summed E-state index contributed by atoms with van der Waals surface area (Å²) >= 11 is 0. The van der Waals surface area contributed by atoms with Crippen LogP contribution >= 0.6 is 0 Å². The molecule has 7 nitrogen and oxygen atoms in total. The normalized spacial score (nSPS) is 12.0. The number of hydrogen-bond donors (Lipinski definition) is 2. The van der Waals surface area contributed by atoms with E-state index in [0.717, 1.165) is 22.3 Å². The molecule has 0 bridgehead atoms. The van der Waals surface area contributed by atoms with Crippen molar-refractivity contribution in [1.82, 2.24) is 10.2 Å². The third kappa shape index (κ3) is 4.74. The highest BCUT2D eigenvalue weighted by molar-refractivity contribution is 5.83. The third-order valence-electron chi connectivity index (χ3n) is 5.06. The summed E-state index contributed by atoms with van der Waals surface area (Å²) in [6.07, 6.45) is -0.806. The molecule has 0 saturated carbocycles. The van der Waals surface area contributed by atoms with Crippen LogP contribution in [-0.2, 0) is 14.3 Å². The van der Waals surface area contributed by atoms with Crippen LogP contribution in [0.4, 0.5) is 4.79 Å². The van der Waals surface area contributed by atoms with Crippen molar-refractivity contribution in [3.63, 3.8) is 0 Å². The van der Waals surface area contributed by atoms with Gasteiger partial charge < -0.3 is 20.1 Å². The summed E-state index contributed by atoms with van der Waals surface area (Å²) in [7, 11) is 0. The van der Waals surface area contributed by atoms with E-state index < -0.39 is 12.1 Å². The average Bonchev–Trinajstić information content (AvgIpc) is 3.05. The number of rotatable bonds is 8. The fourth-order valence-electron chi connectivity index (χ4n) is 3.60. The van der Waals surface area contributed by atoms with Gasteiger partial charge in [-0.15, -0.1) is 0 Å². The van der Waals surface area contributed by atoms with Crippen molar-refractivity contribution in [3.8, 4) is 11.1 Å². The van der Waals surface area contributed by atoms with E-state index in [4.69, 9.17) is 9.84 Å². The van der Waals surface area contributed by atoms with Crippen molar-refractivity contribution in [2.75, 3.05) is 26.2 Å². The smallest absolute Gasteiger partial charge is 0.407 e. The number of benzene rings is 2. The van der Waals surface area contributed by atoms with Crippen LogP contribution in [-0.4, -0.2) is 54.2 Å². The molecule has 0 radical (unpaired) electrons. The van der Waals surface area contributed by atoms with Crippen molar-refractivity contribution in [1.29, 1.82) is 0 Å². The minimum atomic E-state index is -0.972. The Hall–Kier alpha value is -3.35. The van der Waals surface area contributed by atoms with Gasteiger partial charge in [0.15, 0.2) is 0 Å². The van der Waals surface area contributed by atoms with E-state index in [9.17, 15) is 14.4 Å². The zero-order valence-corrected chi connectivity index (χ0v) is 16.3. The highest BCUT2D eigenvalue weighted by atomic mass is 16.5. The summed E-state index contributed by atoms with van der Waals surface area (Å²) in [4.78, 5) is 36.3. The maximum absolute atomic E-state index is 12.1. The Morgan fingerprint density at radius 2 is 1.62 bits per heavy atom. The molecule has 0 aliphatic heterocycles. The lowest BCUT2D eigenvalue weighted by atomic mass is 9.98. The van der Waals surface area contributed by atoms with Gasteiger partial charge in [0.25, 0.3) is 0 Å². The summed E-state index contributed by atoms with van der Waals surface area (Å²) in [6, 6.07) is 16.1. The van der Waals surface area contributed by atoms with Crippen LogP contribution in [0.25, 0.3) is 11.1 Å². The predicted octanol–water partition coefficient (Wildman–Crippen LogP) is 2.85. The van der Waals surface area contributed by atoms with E-state index in [-0.39, 0.29) is 37.9 Å². The Morgan fingerprint density at radius 1 is 1.03 bits per heavy atom. The quantitative estimate of drug-likeness (QED) is 0.715. The number of carboxylic acid groups (broad SMARTS) is 1. The minimum Gasteiger partial charge on any atom is -0.481 e. The number of ether oxygens (including phenoxy) is 1. The van der Waals surface area contributed by atoms with Gasteiger partial charge in [-0.2, -0.15) is 0 Å². The zero-order chi connectivity index (χ0) is 20.8. The Kier molecular flexibility index (Phi) is 6.49. The van der Waals surface area contributed by atoms with Crippen LogP contribution in [0, 0.1) is 0 Å². The maximum Gasteiger partial charge on any atom is 0.407 e. The number of carboxylic acids is 1. The van der Waals surface area contributed by atoms with Gasteiger partial charge in [0, 0.05) is 19.0 Å². The summed E-state index contributed by atoms with van der Waals surface area (Å²) in [5, 5.41) is 11.2. The van der Waals surface area contributed by atoms with Gasteiger partial charge >= 0.3 is 12.1 Å². The fraction of sp³-hybridized carbons (Fsp3) is 0.318. The molecular formula is C22H24N2O5. The molecule has 0 spiro atoms. The van der Waals surface area contributed by atoms with Gasteiger partial charge in [0.2, 0.25) is 5.91 Å². The van der Waals surface area contributed by atoms with Crippen LogP contribution in [0.2, 0.25) is 0 Å². The summed E-state index contributed by atoms with van der Waals surface area (Å²) in [5.41, 5.74) is 4.51. The Balaban J connectivity index is 1.55. The van der Waals surface area contributed by atoms with E-state index in [0.29, 0.717) is 6.54 Å². The van der Waals surface area contributed by atoms with Crippen molar-refractivity contribution in [2.45, 2.75) is 19.3 Å². The van der Waals surface area contributed by atoms with Gasteiger partial charge in [0.05, 0.1) is 6.42 Å². The van der Waals surface area contributed by atoms with Crippen LogP contribution in [0.5, 0.6) is 0 Å². The minimum absolute atomic E-state index is 0.0495. The largest absolute Gasteiger partial charge is 0.481 e. The monoisotopic (exact) mass is 396 g/mol. The molecule has 29 heavy (non-hydrogen) atoms. The number of amides is 2. The molecule has 0 unspecified atom stereocenters. The van der Waals surface area contributed by atoms with Gasteiger partial charge in [-0.25, -0.2) is 4.79 Å². The van der Waals surface area contributed by atoms with Crippen LogP contribution < -0.4 is 5.32 Å². The number of carbonyl (C=O) groups excluding carboxylic acids is 2. The molecule has 152 valence electrons. The number of hydrogen-bond acceptors (Lipinski definition) is 4. The van der Waals surface area contributed by atoms with E-state index >= 15 is 0 Å². The van der Waals surface area contributed by atoms with Crippen molar-refractivity contribution in [3.05, 3.63) is 59.7 Å². The molecular weight excluding hydrogens is 372 g/mol. The first-order chi connectivity index (χ1) is 14.0. The third-order valence-corrected chi connectivity index (χ3v) is 5.06. The first kappa shape index (κ1) is 20.4. The van der Waals surface area contributed by atoms with Gasteiger partial charge in [0.1, 0.15) is 13.2 Å². The predicted molar refractivity (Wildman–Crippen MR) is 108 cm³/mol. The second-order valence-electron chi connectivity index (χ2n) is 6.80. The molecule has 1 aliphatic carbocycles. The molecule has 3 rings (SSSR count). The van der Waals surface area contributed by atoms with E-state index in [1.807, 2.05) is 36.4 Å². The standard InChI is InChI=1S/C22H24N2O5/c1-2-24(12-11-21(26)27)20(25)13-23-22(28)29-14-19-17-9-5-3-7-15(17)16-8-4-6-10-18(16)19/h3-10,19H,2,11-14H2,1H3,(H,23,28)(H,26,27). The highest BCUT2D eigenvalue weighted by Gasteiger charge is 2.29. The molecule has 0 atom stereocenters. The number of nitrogens with zero attached hydrogens (tertiary/aromatic N) is 1. The first-order valence-corrected chi connectivity index (χ1v) is 9.59. The Labute approximate surface area is 169 Å². The van der Waals surface area contributed by atoms with Crippen LogP contribution in [0.1, 0.15) is 30.4 Å². The van der Waals surface area contributed by atoms with Crippen molar-refractivity contribution < 1.29 is 24.2 Å². The lowest BCUT2D eigenvalue weighted by Crippen LogP contribution is -2.41. The van der Waals surface area contributed by atoms with Crippen LogP contribution in [0.3, 0.4) is 0 Å². The second-order valence-corrected chi connectivity index (χ2v) is 6.80. The molecule has 0 fully saturated rings. The molecule has 2 aromatic rings. The molecule has 2 amide bonds. The maximum atomic E-state index is 12.1. The SMILES string of the molecule is CCN(CCC(=O)O)C(=O)CNC(=O)OCC1c2ccccc2-c2ccccc21. The number of nitrogens with one attached hydrogen (secondary N) is 1. The number of carbonyl (C=O) groups is 3. The highest BCUT2D eigenvalue weighted by Crippen LogP contribution is 2.44. The van der Waals surface area contributed by atoms with Crippen molar-refractivity contribution in [2.24, 2.45) is 0 Å². The number of alkyl carbamates (subject to hydrolysis) is 1. The van der Waals surface area contributed by atoms with Gasteiger partial charge in [-0.1, -0.05) is 48.5 Å². The molecule has 0 aromatic heterocycles. The molecule has 0 heterocycles. The van der Waals surface area contributed by atoms with E-state index in [2.05, 4.69) is 17.4 Å². The van der Waals surface area contributed by atoms with E-state index in [1.165, 1.54) is 4.90 Å². The number of aliphatic carboxylic acids is 1. The molecule has 2 N–H and O–H groups in total. The zero-order valence-electron chi connectivity index (χ0n) is 16.3. The summed E-state index contributed by atoms with van der Waals surface area (Å²) in [6.45, 7) is 2.18. The van der Waals surface area contributed by atoms with E-state index in [1.54, 1.807) is 6.92 Å². The lowest BCUT2D eigenvalue weighted by Gasteiger charge is -2.20. The second kappa shape index (κ2) is 9.23. The van der Waals surface area contributed by atoms with Gasteiger partial charge in [-0.3, -0.25) is 9.59 Å². The van der Waals surface area contributed by atoms with Crippen LogP contribution in [0.15, 0.2) is 48.5 Å². The topological polar surface area (TPSA) is 95.9 Å². The average molecular weight is 396 g/mol. The number of fused-ring (bicyclic) bond motifs is 3. The summed E-state index contributed by atoms with van der Waals surface area (Å²) < 4.78 is 5.39. The molecule has 2 aromatic carbocycles.